The van der Waals surface area contributed by atoms with Crippen molar-refractivity contribution in [2.75, 3.05) is 53.0 Å². The summed E-state index contributed by atoms with van der Waals surface area (Å²) in [5.41, 5.74) is 13.2. The molecule has 16 bridgehead atoms. The van der Waals surface area contributed by atoms with Gasteiger partial charge in [0.1, 0.15) is 11.1 Å². The van der Waals surface area contributed by atoms with Crippen LogP contribution in [-0.2, 0) is 28.5 Å². The predicted octanol–water partition coefficient (Wildman–Crippen LogP) is 14.0. The van der Waals surface area contributed by atoms with Gasteiger partial charge in [0.2, 0.25) is 0 Å². The van der Waals surface area contributed by atoms with Gasteiger partial charge in [-0.1, -0.05) is 63.1 Å². The fourth-order valence-corrected chi connectivity index (χ4v) is 16.6. The third-order valence-corrected chi connectivity index (χ3v) is 22.8. The molecule has 8 atom stereocenters. The van der Waals surface area contributed by atoms with Gasteiger partial charge in [-0.05, 0) is 126 Å². The molecular formula is C74H88N10O12S2. The Kier molecular flexibility index (Phi) is 22.0. The standard InChI is InChI=1S/C74H88N10O12S2/c1-17-43-33(3)47-31-57-61(41(11)85)37(7)51(79-57)27-49-35(5)45(19-21-59(87)93-13)67(81-49)65(73(91)95-15)69-63(39(9)53(83-69)29-55(43)77-47)71(89)75-23-25-97-98-26-24-76-72(90)64-40(10)54-30-56-44(18-2)34(4)48(78-56)32-58-62(42(12)86)38(8)52(80-58)28-50-36(6)46(20-22-60(88)94-14)68(82-50)66(70(64)84-54)74(92)96-16/h27-36,43-46,79-80,83-84H,17-26H2,1-16H3,(H,75,89)(H,76,90)/t33-,34-,35+,36+,43-,44-,45+,46+/m1/s1. The number of nitrogens with zero attached hydrogens (tertiary/aromatic N) is 4. The van der Waals surface area contributed by atoms with Gasteiger partial charge in [-0.3, -0.25) is 48.7 Å². The van der Waals surface area contributed by atoms with Gasteiger partial charge in [-0.2, -0.15) is 0 Å². The molecule has 98 heavy (non-hydrogen) atoms. The van der Waals surface area contributed by atoms with Gasteiger partial charge in [0.15, 0.2) is 11.6 Å². The van der Waals surface area contributed by atoms with Crippen molar-refractivity contribution in [2.45, 2.75) is 169 Å². The number of aromatic nitrogens is 8. The molecule has 4 aliphatic rings. The van der Waals surface area contributed by atoms with Gasteiger partial charge in [-0.25, -0.2) is 9.59 Å². The lowest BCUT2D eigenvalue weighted by Crippen LogP contribution is -2.27. The highest BCUT2D eigenvalue weighted by Crippen LogP contribution is 2.47. The first kappa shape index (κ1) is 71.9. The van der Waals surface area contributed by atoms with Crippen LogP contribution in [0.5, 0.6) is 0 Å². The van der Waals surface area contributed by atoms with Gasteiger partial charge in [0, 0.05) is 152 Å². The first-order valence-corrected chi connectivity index (χ1v) is 36.0. The SMILES string of the molecule is CC[C@H]1c2cc3[nH]c(c(C(=O)OC)c4nc(cc5[nH]c(cc(n2)[C@@H]1C)c(C(C)=O)c5C)[C@@H](C)[C@@H]4CCC(=O)OC)c(C(=O)NCCSSCCNC(=O)c1c(C)c2cc4nc(cc5[nH]c(cc6nc(c(C(=O)OC)c1[nH]2)[C@@H](CCC(=O)OC)[C@@H]6C)c(C)c5C(C)=O)[C@H](C)[C@H]4CC)c3C. The van der Waals surface area contributed by atoms with Gasteiger partial charge < -0.3 is 49.5 Å². The minimum absolute atomic E-state index is 0.0213. The van der Waals surface area contributed by atoms with Gasteiger partial charge >= 0.3 is 23.9 Å². The number of nitrogens with one attached hydrogen (secondary N) is 6. The summed E-state index contributed by atoms with van der Waals surface area (Å²) >= 11 is 0. The van der Waals surface area contributed by atoms with E-state index in [4.69, 9.17) is 38.9 Å². The minimum Gasteiger partial charge on any atom is -0.469 e. The van der Waals surface area contributed by atoms with E-state index in [1.54, 1.807) is 0 Å². The Morgan fingerprint density at radius 2 is 0.735 bits per heavy atom. The van der Waals surface area contributed by atoms with Crippen LogP contribution in [0.3, 0.4) is 0 Å². The zero-order valence-corrected chi connectivity index (χ0v) is 60.3. The average Bonchev–Trinajstić information content (AvgIpc) is 1.59. The number of aromatic amines is 4. The fraction of sp³-hybridized carbons (Fsp3) is 0.459. The third kappa shape index (κ3) is 13.8. The Bertz CT molecular complexity index is 4310. The molecule has 4 aliphatic heterocycles. The number of ketones is 2. The molecule has 518 valence electrons. The summed E-state index contributed by atoms with van der Waals surface area (Å²) in [5, 5.41) is 6.20. The van der Waals surface area contributed by atoms with Gasteiger partial charge in [0.25, 0.3) is 11.8 Å². The summed E-state index contributed by atoms with van der Waals surface area (Å²) < 4.78 is 21.2. The lowest BCUT2D eigenvalue weighted by atomic mass is 9.85. The van der Waals surface area contributed by atoms with E-state index in [-0.39, 0.29) is 119 Å². The number of H-pyrrole nitrogens is 4. The molecule has 2 amide bonds. The summed E-state index contributed by atoms with van der Waals surface area (Å²) in [7, 11) is 8.17. The molecule has 0 saturated heterocycles. The summed E-state index contributed by atoms with van der Waals surface area (Å²) in [4.78, 5) is 146. The lowest BCUT2D eigenvalue weighted by molar-refractivity contribution is -0.141. The highest BCUT2D eigenvalue weighted by atomic mass is 33.1. The number of rotatable bonds is 21. The van der Waals surface area contributed by atoms with Crippen molar-refractivity contribution < 1.29 is 57.3 Å². The summed E-state index contributed by atoms with van der Waals surface area (Å²) in [6.07, 6.45) is 2.03. The van der Waals surface area contributed by atoms with E-state index in [1.807, 2.05) is 77.9 Å². The molecule has 10 heterocycles. The van der Waals surface area contributed by atoms with Crippen LogP contribution >= 0.6 is 21.6 Å². The van der Waals surface area contributed by atoms with Crippen molar-refractivity contribution in [3.63, 3.8) is 0 Å². The van der Waals surface area contributed by atoms with E-state index in [0.29, 0.717) is 89.6 Å². The third-order valence-electron chi connectivity index (χ3n) is 20.4. The lowest BCUT2D eigenvalue weighted by Gasteiger charge is -2.17. The zero-order chi connectivity index (χ0) is 70.9. The minimum atomic E-state index is -0.740. The summed E-state index contributed by atoms with van der Waals surface area (Å²) in [5.74, 6) is -4.44. The molecular weight excluding hydrogens is 1290 g/mol. The molecule has 6 N–H and O–H groups in total. The number of Topliss-reactive ketones (excluding diaryl/α,β-unsaturated/α-hetero) is 2. The molecule has 24 heteroatoms. The number of carbonyl (C=O) groups is 8. The zero-order valence-electron chi connectivity index (χ0n) is 58.7. The molecule has 0 saturated carbocycles. The molecule has 10 rings (SSSR count). The van der Waals surface area contributed by atoms with Crippen molar-refractivity contribution in [3.8, 4) is 0 Å². The van der Waals surface area contributed by atoms with Crippen LogP contribution in [0, 0.1) is 27.7 Å². The first-order chi connectivity index (χ1) is 46.8. The van der Waals surface area contributed by atoms with Crippen molar-refractivity contribution in [3.05, 3.63) is 138 Å². The molecule has 0 aliphatic carbocycles. The van der Waals surface area contributed by atoms with Crippen LogP contribution in [0.4, 0.5) is 0 Å². The van der Waals surface area contributed by atoms with Crippen molar-refractivity contribution in [2.24, 2.45) is 0 Å². The predicted molar refractivity (Wildman–Crippen MR) is 381 cm³/mol. The van der Waals surface area contributed by atoms with E-state index >= 15 is 0 Å². The second-order valence-corrected chi connectivity index (χ2v) is 28.7. The van der Waals surface area contributed by atoms with E-state index < -0.39 is 47.5 Å². The number of ether oxygens (including phenoxy) is 4. The maximum absolute atomic E-state index is 14.9. The van der Waals surface area contributed by atoms with E-state index in [0.717, 1.165) is 46.7 Å². The molecule has 0 radical (unpaired) electrons. The van der Waals surface area contributed by atoms with Crippen LogP contribution in [0.2, 0.25) is 0 Å². The second-order valence-electron chi connectivity index (χ2n) is 26.0. The Morgan fingerprint density at radius 1 is 0.418 bits per heavy atom. The first-order valence-electron chi connectivity index (χ1n) is 33.5. The Hall–Kier alpha value is -8.90. The largest absolute Gasteiger partial charge is 0.469 e. The average molecular weight is 1370 g/mol. The van der Waals surface area contributed by atoms with Crippen LogP contribution in [0.15, 0.2) is 36.4 Å². The van der Waals surface area contributed by atoms with Crippen LogP contribution in [0.1, 0.15) is 271 Å². The highest BCUT2D eigenvalue weighted by Gasteiger charge is 2.39. The molecule has 6 aromatic heterocycles. The monoisotopic (exact) mass is 1370 g/mol. The Balaban J connectivity index is 0.970. The molecule has 22 nitrogen and oxygen atoms in total. The number of hydrogen-bond acceptors (Lipinski definition) is 18. The normalized spacial score (nSPS) is 18.8. The van der Waals surface area contributed by atoms with Gasteiger partial charge in [-0.15, -0.1) is 0 Å². The number of methoxy groups -OCH3 is 4. The van der Waals surface area contributed by atoms with Crippen molar-refractivity contribution >= 4 is 113 Å². The fourth-order valence-electron chi connectivity index (χ4n) is 14.8. The molecule has 0 aromatic carbocycles. The van der Waals surface area contributed by atoms with Crippen molar-refractivity contribution in [1.82, 2.24) is 50.5 Å². The van der Waals surface area contributed by atoms with Crippen LogP contribution < -0.4 is 10.6 Å². The Morgan fingerprint density at radius 3 is 1.07 bits per heavy atom. The smallest absolute Gasteiger partial charge is 0.341 e. The van der Waals surface area contributed by atoms with Gasteiger partial charge in [0.05, 0.1) is 73.0 Å². The maximum atomic E-state index is 14.9. The topological polar surface area (TPSA) is 312 Å². The number of aryl methyl sites for hydroxylation is 4. The van der Waals surface area contributed by atoms with Crippen LogP contribution in [-0.4, -0.2) is 140 Å². The van der Waals surface area contributed by atoms with E-state index in [2.05, 4.69) is 58.3 Å². The second kappa shape index (κ2) is 30.1. The molecule has 6 aromatic rings. The summed E-state index contributed by atoms with van der Waals surface area (Å²) in [6.45, 7) is 23.3. The summed E-state index contributed by atoms with van der Waals surface area (Å²) in [6, 6.07) is 11.5. The number of carbonyl (C=O) groups excluding carboxylic acids is 8. The van der Waals surface area contributed by atoms with Crippen LogP contribution in [0.25, 0.3) is 44.1 Å². The molecule has 0 spiro atoms. The Labute approximate surface area is 577 Å². The maximum Gasteiger partial charge on any atom is 0.341 e. The molecule has 0 unspecified atom stereocenters. The number of hydrogen-bond donors (Lipinski definition) is 6. The number of fused-ring (bicyclic) bond motifs is 16. The molecule has 0 fully saturated rings. The highest BCUT2D eigenvalue weighted by molar-refractivity contribution is 8.76. The quantitative estimate of drug-likeness (QED) is 0.0128. The van der Waals surface area contributed by atoms with Crippen molar-refractivity contribution in [1.29, 1.82) is 0 Å². The van der Waals surface area contributed by atoms with E-state index in [9.17, 15) is 38.4 Å². The number of amides is 2. The van der Waals surface area contributed by atoms with E-state index in [1.165, 1.54) is 63.9 Å². The number of esters is 4.